The molecule has 0 aromatic heterocycles. The number of nitrogens with two attached hydrogens (primary N) is 1. The first-order valence-electron chi connectivity index (χ1n) is 12.7. The summed E-state index contributed by atoms with van der Waals surface area (Å²) in [6.45, 7) is 4.35. The fraction of sp³-hybridized carbons (Fsp3) is 0.483. The summed E-state index contributed by atoms with van der Waals surface area (Å²) in [6.07, 6.45) is 4.75. The van der Waals surface area contributed by atoms with Crippen LogP contribution in [0.5, 0.6) is 0 Å². The Morgan fingerprint density at radius 3 is 2.31 bits per heavy atom. The highest BCUT2D eigenvalue weighted by atomic mass is 16.2. The van der Waals surface area contributed by atoms with Crippen LogP contribution >= 0.6 is 0 Å². The van der Waals surface area contributed by atoms with E-state index in [4.69, 9.17) is 5.73 Å². The van der Waals surface area contributed by atoms with Gasteiger partial charge in [-0.3, -0.25) is 14.4 Å². The van der Waals surface area contributed by atoms with Crippen LogP contribution in [0.4, 0.5) is 0 Å². The number of rotatable bonds is 7. The van der Waals surface area contributed by atoms with Gasteiger partial charge in [-0.1, -0.05) is 42.5 Å². The van der Waals surface area contributed by atoms with Crippen molar-refractivity contribution in [2.75, 3.05) is 0 Å². The lowest BCUT2D eigenvalue weighted by molar-refractivity contribution is -0.151. The molecule has 2 aromatic rings. The minimum absolute atomic E-state index is 0.0639. The predicted octanol–water partition coefficient (Wildman–Crippen LogP) is 3.69. The summed E-state index contributed by atoms with van der Waals surface area (Å²) in [5.74, 6) is 0.917. The molecule has 4 aliphatic rings. The highest BCUT2D eigenvalue weighted by molar-refractivity contribution is 5.93. The van der Waals surface area contributed by atoms with Gasteiger partial charge in [-0.25, -0.2) is 0 Å². The number of nitrogens with one attached hydrogen (secondary N) is 2. The summed E-state index contributed by atoms with van der Waals surface area (Å²) >= 11 is 0. The van der Waals surface area contributed by atoms with Crippen LogP contribution in [0.25, 0.3) is 0 Å². The van der Waals surface area contributed by atoms with Crippen molar-refractivity contribution in [3.05, 3.63) is 71.3 Å². The van der Waals surface area contributed by atoms with Crippen molar-refractivity contribution in [3.63, 3.8) is 0 Å². The summed E-state index contributed by atoms with van der Waals surface area (Å²) in [7, 11) is 0. The lowest BCUT2D eigenvalue weighted by Crippen LogP contribution is -2.63. The normalized spacial score (nSPS) is 29.0. The third kappa shape index (κ3) is 4.35. The molecule has 3 unspecified atom stereocenters. The highest BCUT2D eigenvalue weighted by Crippen LogP contribution is 2.60. The third-order valence-corrected chi connectivity index (χ3v) is 8.78. The summed E-state index contributed by atoms with van der Waals surface area (Å²) < 4.78 is 0. The van der Waals surface area contributed by atoms with E-state index < -0.39 is 11.3 Å². The van der Waals surface area contributed by atoms with Crippen LogP contribution in [0.15, 0.2) is 54.6 Å². The molecular weight excluding hydrogens is 438 g/mol. The molecular formula is C29H35N3O3. The van der Waals surface area contributed by atoms with E-state index in [0.29, 0.717) is 29.9 Å². The van der Waals surface area contributed by atoms with E-state index in [1.54, 1.807) is 18.2 Å². The Morgan fingerprint density at radius 1 is 0.971 bits per heavy atom. The lowest BCUT2D eigenvalue weighted by atomic mass is 9.47. The van der Waals surface area contributed by atoms with Gasteiger partial charge in [-0.2, -0.15) is 0 Å². The van der Waals surface area contributed by atoms with Gasteiger partial charge in [0.1, 0.15) is 0 Å². The highest BCUT2D eigenvalue weighted by Gasteiger charge is 2.58. The molecule has 4 saturated carbocycles. The van der Waals surface area contributed by atoms with Crippen LogP contribution in [0.2, 0.25) is 0 Å². The predicted molar refractivity (Wildman–Crippen MR) is 134 cm³/mol. The van der Waals surface area contributed by atoms with E-state index in [-0.39, 0.29) is 23.3 Å². The van der Waals surface area contributed by atoms with Gasteiger partial charge in [0.2, 0.25) is 17.7 Å². The maximum atomic E-state index is 13.5. The van der Waals surface area contributed by atoms with Gasteiger partial charge >= 0.3 is 0 Å². The van der Waals surface area contributed by atoms with Gasteiger partial charge in [0, 0.05) is 18.2 Å². The second-order valence-corrected chi connectivity index (χ2v) is 11.5. The van der Waals surface area contributed by atoms with E-state index in [1.165, 1.54) is 0 Å². The second-order valence-electron chi connectivity index (χ2n) is 11.5. The van der Waals surface area contributed by atoms with E-state index in [0.717, 1.165) is 43.2 Å². The largest absolute Gasteiger partial charge is 0.366 e. The molecule has 6 nitrogen and oxygen atoms in total. The van der Waals surface area contributed by atoms with Crippen molar-refractivity contribution in [2.45, 2.75) is 64.0 Å². The van der Waals surface area contributed by atoms with Gasteiger partial charge < -0.3 is 16.4 Å². The van der Waals surface area contributed by atoms with Gasteiger partial charge in [-0.15, -0.1) is 0 Å². The summed E-state index contributed by atoms with van der Waals surface area (Å²) in [5.41, 5.74) is 6.76. The molecule has 2 aromatic carbocycles. The van der Waals surface area contributed by atoms with Crippen molar-refractivity contribution in [2.24, 2.45) is 28.9 Å². The number of carbonyl (C=O) groups excluding carboxylic acids is 3. The Morgan fingerprint density at radius 2 is 1.66 bits per heavy atom. The molecule has 6 heteroatoms. The standard InChI is InChI=1S/C29H35N3O3/c1-28(2,23-9-4-3-5-10-23)26(34)32-24-21-12-19-13-22(24)16-29(14-19,15-21)27(35)31-17-18-7-6-8-20(11-18)25(30)33/h3-11,19,21-22,24H,12-17H2,1-2H3,(H2,30,33)(H,31,35)(H,32,34)/t19?,21-,22+,24?,29?. The summed E-state index contributed by atoms with van der Waals surface area (Å²) in [6, 6.07) is 17.2. The molecule has 4 N–H and O–H groups in total. The van der Waals surface area contributed by atoms with E-state index in [9.17, 15) is 14.4 Å². The maximum absolute atomic E-state index is 13.5. The first-order valence-corrected chi connectivity index (χ1v) is 12.7. The van der Waals surface area contributed by atoms with E-state index in [1.807, 2.05) is 50.2 Å². The molecule has 4 fully saturated rings. The number of carbonyl (C=O) groups is 3. The summed E-state index contributed by atoms with van der Waals surface area (Å²) in [5, 5.41) is 6.56. The molecule has 4 aliphatic carbocycles. The molecule has 6 rings (SSSR count). The van der Waals surface area contributed by atoms with Crippen LogP contribution in [0.3, 0.4) is 0 Å². The summed E-state index contributed by atoms with van der Waals surface area (Å²) in [4.78, 5) is 38.3. The zero-order chi connectivity index (χ0) is 24.8. The van der Waals surface area contributed by atoms with Gasteiger partial charge in [0.25, 0.3) is 0 Å². The van der Waals surface area contributed by atoms with Crippen LogP contribution in [-0.2, 0) is 21.5 Å². The minimum atomic E-state index is -0.607. The Labute approximate surface area is 207 Å². The van der Waals surface area contributed by atoms with Gasteiger partial charge in [0.15, 0.2) is 0 Å². The zero-order valence-corrected chi connectivity index (χ0v) is 20.6. The first kappa shape index (κ1) is 23.6. The Hall–Kier alpha value is -3.15. The second kappa shape index (κ2) is 8.81. The van der Waals surface area contributed by atoms with E-state index >= 15 is 0 Å². The number of benzene rings is 2. The topological polar surface area (TPSA) is 101 Å². The third-order valence-electron chi connectivity index (χ3n) is 8.78. The molecule has 5 atom stereocenters. The van der Waals surface area contributed by atoms with Gasteiger partial charge in [0.05, 0.1) is 10.8 Å². The van der Waals surface area contributed by atoms with Crippen LogP contribution in [-0.4, -0.2) is 23.8 Å². The van der Waals surface area contributed by atoms with Crippen molar-refractivity contribution >= 4 is 17.7 Å². The number of primary amides is 1. The number of hydrogen-bond acceptors (Lipinski definition) is 3. The minimum Gasteiger partial charge on any atom is -0.366 e. The Balaban J connectivity index is 1.26. The average molecular weight is 474 g/mol. The molecule has 0 heterocycles. The number of amides is 3. The van der Waals surface area contributed by atoms with Crippen molar-refractivity contribution < 1.29 is 14.4 Å². The smallest absolute Gasteiger partial charge is 0.248 e. The van der Waals surface area contributed by atoms with Gasteiger partial charge in [-0.05, 0) is 87.0 Å². The molecule has 4 bridgehead atoms. The van der Waals surface area contributed by atoms with E-state index in [2.05, 4.69) is 10.6 Å². The monoisotopic (exact) mass is 473 g/mol. The maximum Gasteiger partial charge on any atom is 0.248 e. The van der Waals surface area contributed by atoms with Crippen molar-refractivity contribution in [1.82, 2.24) is 10.6 Å². The molecule has 0 spiro atoms. The zero-order valence-electron chi connectivity index (χ0n) is 20.6. The molecule has 0 radical (unpaired) electrons. The molecule has 3 amide bonds. The molecule has 35 heavy (non-hydrogen) atoms. The van der Waals surface area contributed by atoms with Crippen molar-refractivity contribution in [3.8, 4) is 0 Å². The lowest BCUT2D eigenvalue weighted by Gasteiger charge is -2.59. The molecule has 184 valence electrons. The molecule has 0 saturated heterocycles. The fourth-order valence-electron chi connectivity index (χ4n) is 7.06. The average Bonchev–Trinajstić information content (AvgIpc) is 2.84. The van der Waals surface area contributed by atoms with Crippen molar-refractivity contribution in [1.29, 1.82) is 0 Å². The SMILES string of the molecule is CC(C)(C(=O)NC1[C@@H]2CC3C[C@H]1CC(C(=O)NCc1cccc(C(N)=O)c1)(C3)C2)c1ccccc1. The van der Waals surface area contributed by atoms with Crippen LogP contribution in [0.1, 0.15) is 67.4 Å². The number of hydrogen-bond donors (Lipinski definition) is 3. The Kier molecular flexibility index (Phi) is 5.94. The fourth-order valence-corrected chi connectivity index (χ4v) is 7.06. The molecule has 0 aliphatic heterocycles. The van der Waals surface area contributed by atoms with Crippen LogP contribution in [0, 0.1) is 23.2 Å². The van der Waals surface area contributed by atoms with Crippen LogP contribution < -0.4 is 16.4 Å². The first-order chi connectivity index (χ1) is 16.7. The quantitative estimate of drug-likeness (QED) is 0.572. The Bertz CT molecular complexity index is 1130.